The van der Waals surface area contributed by atoms with Crippen LogP contribution in [-0.4, -0.2) is 85.4 Å². The standard InChI is InChI=1S/C23H16Cl2N2O3.C15H10Cl2N2O.C13H8Cl2N2O3.C13H10Cl2N2O.C8H8O3.CH4.2ClH.Sn/c1-30-20-8-4-5-14(22(20)28)9-12-21-26-19-7-3-2-6-16(19)23(29)27(21)15-10-11-17(24)18(25)13-15;1-9-18-14-5-3-2-4-11(14)15(20)19(9)10-6-7-12(16)13(17)8-10;14-10-6-5-8(7-11(10)15)16-13(18)9-3-1-2-4-12(9)17(19)20;14-10-6-5-8(7-11(10)15)17-13(18)9-3-1-2-4-12(9)16;1-11-7-4-2-3-6(5-9)8(7)10;;;;/h2-13,28H,1H3;2-8H,1H3;1-7H,(H,16,18);1-7H,16H2,(H,17,18);2-5,10H,1H3;1H4;2*1H;/q;;;;;;;;+2/p-2/b12-9+;;;;;;;;. The number of benzene rings is 10. The van der Waals surface area contributed by atoms with Crippen LogP contribution in [0.15, 0.2) is 216 Å². The molecule has 0 saturated heterocycles. The molecule has 2 heterocycles. The molecule has 30 heteroatoms. The molecule has 0 bridgehead atoms. The number of nitrogens with zero attached hydrogens (tertiary/aromatic N) is 5. The molecule has 19 nitrogen and oxygen atoms in total. The number of nitrogens with one attached hydrogen (secondary N) is 2. The quantitative estimate of drug-likeness (QED) is 0.0250. The molecule has 528 valence electrons. The second-order valence-corrected chi connectivity index (χ2v) is 28.0. The van der Waals surface area contributed by atoms with Gasteiger partial charge in [0.05, 0.1) is 104 Å². The zero-order valence-electron chi connectivity index (χ0n) is 53.0. The van der Waals surface area contributed by atoms with Gasteiger partial charge in [0.15, 0.2) is 29.3 Å². The number of nitro groups is 1. The van der Waals surface area contributed by atoms with E-state index in [1.54, 1.807) is 165 Å². The van der Waals surface area contributed by atoms with Crippen LogP contribution >= 0.6 is 111 Å². The number of anilines is 3. The van der Waals surface area contributed by atoms with E-state index in [-0.39, 0.29) is 57.8 Å². The van der Waals surface area contributed by atoms with Crippen LogP contribution in [0.4, 0.5) is 22.7 Å². The van der Waals surface area contributed by atoms with Crippen LogP contribution < -0.4 is 37.0 Å². The predicted molar refractivity (Wildman–Crippen MR) is 420 cm³/mol. The zero-order chi connectivity index (χ0) is 74.3. The number of amides is 2. The Morgan fingerprint density at radius 2 is 0.932 bits per heavy atom. The van der Waals surface area contributed by atoms with Crippen molar-refractivity contribution in [3.8, 4) is 34.4 Å². The summed E-state index contributed by atoms with van der Waals surface area (Å²) in [6, 6.07) is 56.2. The van der Waals surface area contributed by atoms with Gasteiger partial charge in [-0.05, 0) is 153 Å². The number of hydrogen-bond acceptors (Lipinski definition) is 14. The fourth-order valence-corrected chi connectivity index (χ4v) is 10.4. The molecule has 12 aromatic rings. The number of para-hydroxylation sites is 6. The van der Waals surface area contributed by atoms with Gasteiger partial charge in [-0.2, -0.15) is 0 Å². The Balaban J connectivity index is 0.000000206. The number of ether oxygens (including phenoxy) is 2. The third-order valence-electron chi connectivity index (χ3n) is 14.0. The number of methoxy groups -OCH3 is 2. The second kappa shape index (κ2) is 40.1. The summed E-state index contributed by atoms with van der Waals surface area (Å²) < 4.78 is 12.9. The molecule has 0 aliphatic rings. The van der Waals surface area contributed by atoms with Crippen molar-refractivity contribution in [2.24, 2.45) is 0 Å². The monoisotopic (exact) mass is 1690 g/mol. The van der Waals surface area contributed by atoms with Crippen molar-refractivity contribution in [2.75, 3.05) is 30.6 Å². The van der Waals surface area contributed by atoms with E-state index in [9.17, 15) is 44.3 Å². The molecule has 12 rings (SSSR count). The molecular weight excluding hydrogens is 1640 g/mol. The molecular formula is C73H56Cl10N8O11Sn. The van der Waals surface area contributed by atoms with Gasteiger partial charge in [0.2, 0.25) is 0 Å². The van der Waals surface area contributed by atoms with Crippen molar-refractivity contribution in [2.45, 2.75) is 14.4 Å². The van der Waals surface area contributed by atoms with E-state index in [0.29, 0.717) is 126 Å². The van der Waals surface area contributed by atoms with Gasteiger partial charge < -0.3 is 36.1 Å². The van der Waals surface area contributed by atoms with Crippen molar-refractivity contribution in [3.63, 3.8) is 0 Å². The normalized spacial score (nSPS) is 10.3. The Morgan fingerprint density at radius 1 is 0.524 bits per heavy atom. The van der Waals surface area contributed by atoms with E-state index in [4.69, 9.17) is 126 Å². The third kappa shape index (κ3) is 22.2. The zero-order valence-corrected chi connectivity index (χ0v) is 63.4. The second-order valence-electron chi connectivity index (χ2n) is 20.5. The predicted octanol–water partition coefficient (Wildman–Crippen LogP) is 20.4. The number of nitrogens with two attached hydrogens (primary N) is 1. The summed E-state index contributed by atoms with van der Waals surface area (Å²) >= 11 is 46.6. The summed E-state index contributed by atoms with van der Waals surface area (Å²) in [5.41, 5.74) is 10.1. The number of carbonyl (C=O) groups is 3. The Kier molecular flexibility index (Phi) is 32.3. The van der Waals surface area contributed by atoms with E-state index in [1.807, 2.05) is 24.3 Å². The maximum atomic E-state index is 13.3. The topological polar surface area (TPSA) is 273 Å². The van der Waals surface area contributed by atoms with Crippen molar-refractivity contribution >= 4 is 204 Å². The Hall–Kier alpha value is -9.07. The first-order chi connectivity index (χ1) is 48.8. The van der Waals surface area contributed by atoms with Gasteiger partial charge in [-0.25, -0.2) is 9.97 Å². The fraction of sp³-hybridized carbons (Fsp3) is 0.0548. The van der Waals surface area contributed by atoms with Crippen LogP contribution in [0.5, 0.6) is 23.0 Å². The first-order valence-corrected chi connectivity index (χ1v) is 39.4. The molecule has 103 heavy (non-hydrogen) atoms. The summed E-state index contributed by atoms with van der Waals surface area (Å²) in [4.78, 5) is 79.5. The van der Waals surface area contributed by atoms with E-state index >= 15 is 0 Å². The molecule has 0 fully saturated rings. The van der Waals surface area contributed by atoms with Gasteiger partial charge in [-0.15, -0.1) is 0 Å². The molecule has 0 saturated carbocycles. The first-order valence-electron chi connectivity index (χ1n) is 29.2. The molecule has 10 aromatic carbocycles. The van der Waals surface area contributed by atoms with Crippen LogP contribution in [0.25, 0.3) is 45.3 Å². The number of aromatic nitrogens is 4. The first kappa shape index (κ1) is 82.9. The van der Waals surface area contributed by atoms with Gasteiger partial charge in [0.25, 0.3) is 28.6 Å². The van der Waals surface area contributed by atoms with Crippen molar-refractivity contribution in [1.82, 2.24) is 19.1 Å². The van der Waals surface area contributed by atoms with Crippen molar-refractivity contribution in [1.29, 1.82) is 0 Å². The Bertz CT molecular complexity index is 5230. The average molecular weight is 1690 g/mol. The number of carbonyl (C=O) groups excluding carboxylic acids is 3. The number of phenols is 2. The summed E-state index contributed by atoms with van der Waals surface area (Å²) in [6.07, 6.45) is 3.91. The van der Waals surface area contributed by atoms with Crippen LogP contribution in [0, 0.1) is 17.0 Å². The number of hydrogen-bond donors (Lipinski definition) is 5. The average Bonchev–Trinajstić information content (AvgIpc) is 0.779. The number of nitrogen functional groups attached to an aromatic ring is 1. The molecule has 2 aromatic heterocycles. The molecule has 2 amide bonds. The van der Waals surface area contributed by atoms with Gasteiger partial charge in [-0.1, -0.05) is 167 Å². The molecule has 0 aliphatic carbocycles. The minimum absolute atomic E-state index is 0. The molecule has 2 radical (unpaired) electrons. The number of fused-ring (bicyclic) bond motifs is 2. The Morgan fingerprint density at radius 3 is 1.41 bits per heavy atom. The fourth-order valence-electron chi connectivity index (χ4n) is 9.18. The third-order valence-corrected chi connectivity index (χ3v) is 17.0. The Labute approximate surface area is 647 Å². The van der Waals surface area contributed by atoms with E-state index in [0.717, 1.165) is 0 Å². The van der Waals surface area contributed by atoms with Gasteiger partial charge in [-0.3, -0.25) is 43.2 Å². The molecule has 0 spiro atoms. The van der Waals surface area contributed by atoms with Gasteiger partial charge >= 0.3 is 36.7 Å². The van der Waals surface area contributed by atoms with E-state index in [2.05, 4.69) is 20.6 Å². The number of nitro benzene ring substituents is 1. The number of halogens is 10. The number of rotatable bonds is 12. The summed E-state index contributed by atoms with van der Waals surface area (Å²) in [5.74, 6) is 0.666. The van der Waals surface area contributed by atoms with Crippen molar-refractivity contribution < 1.29 is 39.0 Å². The molecule has 6 N–H and O–H groups in total. The summed E-state index contributed by atoms with van der Waals surface area (Å²) in [6.45, 7) is 1.79. The number of phenolic OH excluding ortho intramolecular Hbond substituents is 2. The molecule has 0 atom stereocenters. The van der Waals surface area contributed by atoms with Crippen molar-refractivity contribution in [3.05, 3.63) is 311 Å². The van der Waals surface area contributed by atoms with E-state index in [1.165, 1.54) is 59.8 Å². The summed E-state index contributed by atoms with van der Waals surface area (Å²) in [7, 11) is 12.8. The van der Waals surface area contributed by atoms with Crippen LogP contribution in [0.2, 0.25) is 40.2 Å². The van der Waals surface area contributed by atoms with Crippen LogP contribution in [-0.2, 0) is 0 Å². The molecule has 0 aliphatic heterocycles. The van der Waals surface area contributed by atoms with Crippen LogP contribution in [0.3, 0.4) is 0 Å². The number of aldehydes is 1. The SMILES string of the molecule is C.COc1cccc(/C=C/c2nc3ccccc3c(=O)n2-c2ccc(Cl)c(Cl)c2)c1O.COc1cccc(C=O)c1O.Cc1nc2ccccc2c(=O)n1-c1ccc(Cl)c(Cl)c1.Nc1ccccc1C(=O)Nc1ccc(Cl)c(Cl)c1.O=C(Nc1ccc(Cl)c(Cl)c1)c1ccccc1[N+](=O)[O-].[Cl][Sn][Cl]. The number of aryl methyl sites for hydroxylation is 1. The minimum atomic E-state index is -0.826. The van der Waals surface area contributed by atoms with Gasteiger partial charge in [0, 0.05) is 28.7 Å². The van der Waals surface area contributed by atoms with E-state index < -0.39 is 29.7 Å². The van der Waals surface area contributed by atoms with Crippen LogP contribution in [0.1, 0.15) is 55.7 Å². The van der Waals surface area contributed by atoms with Gasteiger partial charge in [0.1, 0.15) is 17.2 Å². The molecule has 0 unspecified atom stereocenters. The summed E-state index contributed by atoms with van der Waals surface area (Å²) in [5, 5.41) is 39.8. The maximum absolute atomic E-state index is 13.3. The number of aromatic hydroxyl groups is 2.